The summed E-state index contributed by atoms with van der Waals surface area (Å²) in [6.07, 6.45) is 7.54. The second-order valence-electron chi connectivity index (χ2n) is 8.20. The van der Waals surface area contributed by atoms with E-state index in [1.54, 1.807) is 11.3 Å². The molecule has 27 heavy (non-hydrogen) atoms. The molecule has 0 N–H and O–H groups in total. The third-order valence-electron chi connectivity index (χ3n) is 6.41. The van der Waals surface area contributed by atoms with Gasteiger partial charge in [-0.2, -0.15) is 0 Å². The lowest BCUT2D eigenvalue weighted by atomic mass is 9.94. The summed E-state index contributed by atoms with van der Waals surface area (Å²) < 4.78 is 0. The molecule has 6 heteroatoms. The molecular formula is C21H31N3O2S. The molecule has 0 bridgehead atoms. The Morgan fingerprint density at radius 1 is 0.963 bits per heavy atom. The molecule has 3 saturated heterocycles. The van der Waals surface area contributed by atoms with Crippen molar-refractivity contribution in [3.63, 3.8) is 0 Å². The lowest BCUT2D eigenvalue weighted by Gasteiger charge is -2.36. The number of thiophene rings is 1. The second kappa shape index (κ2) is 8.74. The average molecular weight is 390 g/mol. The van der Waals surface area contributed by atoms with Crippen LogP contribution in [0, 0.1) is 5.92 Å². The summed E-state index contributed by atoms with van der Waals surface area (Å²) in [5.74, 6) is 0.782. The van der Waals surface area contributed by atoms with Crippen LogP contribution < -0.4 is 0 Å². The molecule has 0 radical (unpaired) electrons. The summed E-state index contributed by atoms with van der Waals surface area (Å²) in [5.41, 5.74) is 0. The highest BCUT2D eigenvalue weighted by Gasteiger charge is 2.33. The smallest absolute Gasteiger partial charge is 0.237 e. The van der Waals surface area contributed by atoms with Crippen molar-refractivity contribution in [2.24, 2.45) is 5.92 Å². The number of hydrogen-bond acceptors (Lipinski definition) is 4. The van der Waals surface area contributed by atoms with Gasteiger partial charge >= 0.3 is 0 Å². The Labute approximate surface area is 166 Å². The number of carbonyl (C=O) groups is 2. The first-order valence-electron chi connectivity index (χ1n) is 10.6. The zero-order valence-corrected chi connectivity index (χ0v) is 17.0. The van der Waals surface area contributed by atoms with Crippen LogP contribution in [0.3, 0.4) is 0 Å². The lowest BCUT2D eigenvalue weighted by Crippen LogP contribution is -2.47. The maximum atomic E-state index is 12.9. The van der Waals surface area contributed by atoms with E-state index in [1.807, 2.05) is 0 Å². The zero-order chi connectivity index (χ0) is 18.6. The Balaban J connectivity index is 1.26. The molecule has 3 aliphatic rings. The number of nitrogens with zero attached hydrogens (tertiary/aromatic N) is 3. The van der Waals surface area contributed by atoms with Crippen LogP contribution >= 0.6 is 11.3 Å². The SMILES string of the molecule is O=C(C1CCN(CC(=O)N2CCCC2c2cccs2)CC1)N1CCCCC1. The predicted molar refractivity (Wildman–Crippen MR) is 108 cm³/mol. The normalized spacial score (nSPS) is 25.1. The first-order valence-corrected chi connectivity index (χ1v) is 11.4. The Morgan fingerprint density at radius 2 is 1.74 bits per heavy atom. The molecule has 1 unspecified atom stereocenters. The fourth-order valence-corrected chi connectivity index (χ4v) is 5.71. The van der Waals surface area contributed by atoms with E-state index in [-0.39, 0.29) is 17.9 Å². The van der Waals surface area contributed by atoms with E-state index in [9.17, 15) is 9.59 Å². The molecule has 148 valence electrons. The van der Waals surface area contributed by atoms with Crippen molar-refractivity contribution in [2.45, 2.75) is 51.0 Å². The molecule has 3 aliphatic heterocycles. The fraction of sp³-hybridized carbons (Fsp3) is 0.714. The van der Waals surface area contributed by atoms with Crippen LogP contribution in [0.25, 0.3) is 0 Å². The highest BCUT2D eigenvalue weighted by atomic mass is 32.1. The van der Waals surface area contributed by atoms with Gasteiger partial charge in [-0.25, -0.2) is 0 Å². The molecular weight excluding hydrogens is 358 g/mol. The van der Waals surface area contributed by atoms with Crippen LogP contribution in [0.4, 0.5) is 0 Å². The summed E-state index contributed by atoms with van der Waals surface area (Å²) in [6, 6.07) is 4.50. The van der Waals surface area contributed by atoms with Gasteiger partial charge in [-0.05, 0) is 69.5 Å². The van der Waals surface area contributed by atoms with Gasteiger partial charge in [-0.15, -0.1) is 11.3 Å². The van der Waals surface area contributed by atoms with E-state index in [1.165, 1.54) is 11.3 Å². The number of likely N-dealkylation sites (tertiary alicyclic amines) is 3. The minimum Gasteiger partial charge on any atom is -0.342 e. The van der Waals surface area contributed by atoms with Gasteiger partial charge in [0.15, 0.2) is 0 Å². The molecule has 5 nitrogen and oxygen atoms in total. The van der Waals surface area contributed by atoms with Crippen molar-refractivity contribution in [3.05, 3.63) is 22.4 Å². The molecule has 0 spiro atoms. The minimum absolute atomic E-state index is 0.167. The quantitative estimate of drug-likeness (QED) is 0.795. The van der Waals surface area contributed by atoms with Crippen LogP contribution in [0.1, 0.15) is 55.9 Å². The van der Waals surface area contributed by atoms with Crippen molar-refractivity contribution in [1.29, 1.82) is 0 Å². The first-order chi connectivity index (χ1) is 13.2. The van der Waals surface area contributed by atoms with Crippen molar-refractivity contribution in [2.75, 3.05) is 39.3 Å². The number of piperidine rings is 2. The number of carbonyl (C=O) groups excluding carboxylic acids is 2. The van der Waals surface area contributed by atoms with E-state index in [2.05, 4.69) is 32.2 Å². The Hall–Kier alpha value is -1.40. The highest BCUT2D eigenvalue weighted by Crippen LogP contribution is 2.34. The summed E-state index contributed by atoms with van der Waals surface area (Å²) in [6.45, 7) is 5.01. The Kier molecular flexibility index (Phi) is 6.13. The third-order valence-corrected chi connectivity index (χ3v) is 7.38. The van der Waals surface area contributed by atoms with Gasteiger partial charge in [-0.3, -0.25) is 14.5 Å². The van der Waals surface area contributed by atoms with E-state index >= 15 is 0 Å². The van der Waals surface area contributed by atoms with Crippen molar-refractivity contribution < 1.29 is 9.59 Å². The highest BCUT2D eigenvalue weighted by molar-refractivity contribution is 7.10. The second-order valence-corrected chi connectivity index (χ2v) is 9.18. The lowest BCUT2D eigenvalue weighted by molar-refractivity contribution is -0.138. The van der Waals surface area contributed by atoms with Crippen molar-refractivity contribution >= 4 is 23.2 Å². The van der Waals surface area contributed by atoms with Crippen LogP contribution in [-0.4, -0.2) is 65.8 Å². The molecule has 2 amide bonds. The zero-order valence-electron chi connectivity index (χ0n) is 16.1. The van der Waals surface area contributed by atoms with Crippen LogP contribution in [0.5, 0.6) is 0 Å². The largest absolute Gasteiger partial charge is 0.342 e. The molecule has 4 heterocycles. The van der Waals surface area contributed by atoms with Crippen LogP contribution in [0.15, 0.2) is 17.5 Å². The molecule has 1 aromatic heterocycles. The summed E-state index contributed by atoms with van der Waals surface area (Å²) in [7, 11) is 0. The molecule has 0 saturated carbocycles. The Bertz CT molecular complexity index is 634. The van der Waals surface area contributed by atoms with E-state index in [0.717, 1.165) is 71.2 Å². The number of amides is 2. The van der Waals surface area contributed by atoms with E-state index < -0.39 is 0 Å². The standard InChI is InChI=1S/C21H31N3O2S/c25-20(24-12-4-6-18(24)19-7-5-15-27-19)16-22-13-8-17(9-14-22)21(26)23-10-2-1-3-11-23/h5,7,15,17-18H,1-4,6,8-14,16H2. The molecule has 4 rings (SSSR count). The van der Waals surface area contributed by atoms with Crippen LogP contribution in [-0.2, 0) is 9.59 Å². The molecule has 3 fully saturated rings. The van der Waals surface area contributed by atoms with Gasteiger partial charge < -0.3 is 9.80 Å². The predicted octanol–water partition coefficient (Wildman–Crippen LogP) is 3.14. The monoisotopic (exact) mass is 389 g/mol. The summed E-state index contributed by atoms with van der Waals surface area (Å²) >= 11 is 1.75. The van der Waals surface area contributed by atoms with Crippen molar-refractivity contribution in [1.82, 2.24) is 14.7 Å². The summed E-state index contributed by atoms with van der Waals surface area (Å²) in [5, 5.41) is 2.10. The van der Waals surface area contributed by atoms with E-state index in [4.69, 9.17) is 0 Å². The van der Waals surface area contributed by atoms with Gasteiger partial charge in [0, 0.05) is 30.4 Å². The van der Waals surface area contributed by atoms with Gasteiger partial charge in [0.05, 0.1) is 12.6 Å². The van der Waals surface area contributed by atoms with Gasteiger partial charge in [0.1, 0.15) is 0 Å². The third kappa shape index (κ3) is 4.37. The number of rotatable bonds is 4. The molecule has 1 atom stereocenters. The maximum Gasteiger partial charge on any atom is 0.237 e. The molecule has 0 aromatic carbocycles. The Morgan fingerprint density at radius 3 is 2.44 bits per heavy atom. The topological polar surface area (TPSA) is 43.9 Å². The van der Waals surface area contributed by atoms with Gasteiger partial charge in [-0.1, -0.05) is 6.07 Å². The maximum absolute atomic E-state index is 12.9. The minimum atomic E-state index is 0.167. The molecule has 1 aromatic rings. The summed E-state index contributed by atoms with van der Waals surface area (Å²) in [4.78, 5) is 33.3. The van der Waals surface area contributed by atoms with E-state index in [0.29, 0.717) is 12.5 Å². The first kappa shape index (κ1) is 18.9. The molecule has 0 aliphatic carbocycles. The van der Waals surface area contributed by atoms with Crippen LogP contribution in [0.2, 0.25) is 0 Å². The van der Waals surface area contributed by atoms with Gasteiger partial charge in [0.25, 0.3) is 0 Å². The fourth-order valence-electron chi connectivity index (χ4n) is 4.83. The number of hydrogen-bond donors (Lipinski definition) is 0. The average Bonchev–Trinajstić information content (AvgIpc) is 3.40. The van der Waals surface area contributed by atoms with Gasteiger partial charge in [0.2, 0.25) is 11.8 Å². The van der Waals surface area contributed by atoms with Crippen molar-refractivity contribution in [3.8, 4) is 0 Å².